The minimum Gasteiger partial charge on any atom is -0.496 e. The van der Waals surface area contributed by atoms with Gasteiger partial charge in [-0.3, -0.25) is 25.0 Å². The Labute approximate surface area is 153 Å². The molecule has 27 heavy (non-hydrogen) atoms. The first-order valence-electron chi connectivity index (χ1n) is 8.01. The molecule has 1 aliphatic heterocycles. The zero-order valence-electron chi connectivity index (χ0n) is 14.4. The van der Waals surface area contributed by atoms with Gasteiger partial charge in [0.25, 0.3) is 11.6 Å². The highest BCUT2D eigenvalue weighted by atomic mass is 16.6. The van der Waals surface area contributed by atoms with E-state index in [4.69, 9.17) is 9.15 Å². The Morgan fingerprint density at radius 1 is 1.07 bits per heavy atom. The summed E-state index contributed by atoms with van der Waals surface area (Å²) in [6, 6.07) is 7.01. The van der Waals surface area contributed by atoms with Crippen molar-refractivity contribution in [3.63, 3.8) is 0 Å². The summed E-state index contributed by atoms with van der Waals surface area (Å²) in [5, 5.41) is 22.0. The zero-order chi connectivity index (χ0) is 19.6. The van der Waals surface area contributed by atoms with Gasteiger partial charge in [-0.2, -0.15) is 0 Å². The molecule has 0 saturated carbocycles. The molecule has 0 unspecified atom stereocenters. The number of methoxy groups -OCH3 is 1. The molecular weight excluding hydrogens is 360 g/mol. The molecule has 1 aromatic carbocycles. The molecule has 2 aromatic rings. The van der Waals surface area contributed by atoms with Gasteiger partial charge in [-0.1, -0.05) is 0 Å². The summed E-state index contributed by atoms with van der Waals surface area (Å²) in [5.74, 6) is -0.665. The Morgan fingerprint density at radius 2 is 1.78 bits per heavy atom. The predicted molar refractivity (Wildman–Crippen MR) is 93.1 cm³/mol. The summed E-state index contributed by atoms with van der Waals surface area (Å²) in [6.45, 7) is 1.36. The molecule has 2 heterocycles. The number of furan rings is 1. The number of nitro groups is 2. The summed E-state index contributed by atoms with van der Waals surface area (Å²) in [6.07, 6.45) is 0. The number of piperazine rings is 1. The summed E-state index contributed by atoms with van der Waals surface area (Å²) >= 11 is 0. The van der Waals surface area contributed by atoms with Crippen LogP contribution in [0.1, 0.15) is 10.6 Å². The summed E-state index contributed by atoms with van der Waals surface area (Å²) in [4.78, 5) is 36.5. The molecule has 11 nitrogen and oxygen atoms in total. The lowest BCUT2D eigenvalue weighted by atomic mass is 10.2. The molecular formula is C16H16N4O7. The number of nitro benzene ring substituents is 1. The molecule has 1 aromatic heterocycles. The first kappa shape index (κ1) is 18.2. The quantitative estimate of drug-likeness (QED) is 0.572. The Bertz CT molecular complexity index is 887. The van der Waals surface area contributed by atoms with Gasteiger partial charge >= 0.3 is 5.88 Å². The van der Waals surface area contributed by atoms with Crippen LogP contribution < -0.4 is 9.64 Å². The number of hydrogen-bond donors (Lipinski definition) is 0. The summed E-state index contributed by atoms with van der Waals surface area (Å²) in [7, 11) is 1.43. The van der Waals surface area contributed by atoms with Gasteiger partial charge in [0.2, 0.25) is 0 Å². The molecule has 1 amide bonds. The van der Waals surface area contributed by atoms with E-state index in [-0.39, 0.29) is 11.4 Å². The fourth-order valence-electron chi connectivity index (χ4n) is 2.89. The lowest BCUT2D eigenvalue weighted by Crippen LogP contribution is -2.48. The van der Waals surface area contributed by atoms with Crippen LogP contribution in [-0.4, -0.2) is 53.9 Å². The van der Waals surface area contributed by atoms with Crippen molar-refractivity contribution >= 4 is 23.2 Å². The standard InChI is InChI=1S/C16H16N4O7/c1-26-11-2-3-12(13(10-11)19(22)23)17-6-8-18(9-7-17)16(21)14-4-5-15(27-14)20(24)25/h2-5,10H,6-9H2,1H3. The van der Waals surface area contributed by atoms with Crippen molar-refractivity contribution in [3.8, 4) is 5.75 Å². The second-order valence-electron chi connectivity index (χ2n) is 5.79. The van der Waals surface area contributed by atoms with Gasteiger partial charge in [-0.05, 0) is 18.2 Å². The fourth-order valence-corrected chi connectivity index (χ4v) is 2.89. The van der Waals surface area contributed by atoms with Gasteiger partial charge in [0.1, 0.15) is 16.4 Å². The van der Waals surface area contributed by atoms with Crippen LogP contribution in [0.2, 0.25) is 0 Å². The van der Waals surface area contributed by atoms with Gasteiger partial charge in [0.15, 0.2) is 5.76 Å². The van der Waals surface area contributed by atoms with Crippen molar-refractivity contribution in [1.82, 2.24) is 4.90 Å². The van der Waals surface area contributed by atoms with E-state index in [0.29, 0.717) is 37.6 Å². The number of anilines is 1. The SMILES string of the molecule is COc1ccc(N2CCN(C(=O)c3ccc([N+](=O)[O-])o3)CC2)c([N+](=O)[O-])c1. The topological polar surface area (TPSA) is 132 Å². The molecule has 0 atom stereocenters. The molecule has 0 aliphatic carbocycles. The number of carbonyl (C=O) groups is 1. The zero-order valence-corrected chi connectivity index (χ0v) is 14.4. The minimum atomic E-state index is -0.711. The van der Waals surface area contributed by atoms with Gasteiger partial charge in [0, 0.05) is 26.2 Å². The molecule has 11 heteroatoms. The number of amides is 1. The smallest absolute Gasteiger partial charge is 0.433 e. The third-order valence-electron chi connectivity index (χ3n) is 4.27. The highest BCUT2D eigenvalue weighted by Gasteiger charge is 2.28. The maximum absolute atomic E-state index is 12.4. The minimum absolute atomic E-state index is 0.0733. The van der Waals surface area contributed by atoms with Crippen LogP contribution in [0.15, 0.2) is 34.7 Å². The number of ether oxygens (including phenoxy) is 1. The van der Waals surface area contributed by atoms with E-state index in [9.17, 15) is 25.0 Å². The predicted octanol–water partition coefficient (Wildman–Crippen LogP) is 2.07. The van der Waals surface area contributed by atoms with E-state index in [0.717, 1.165) is 6.07 Å². The second kappa shape index (κ2) is 7.32. The van der Waals surface area contributed by atoms with E-state index in [2.05, 4.69) is 0 Å². The molecule has 142 valence electrons. The van der Waals surface area contributed by atoms with E-state index >= 15 is 0 Å². The molecule has 3 rings (SSSR count). The number of hydrogen-bond acceptors (Lipinski definition) is 8. The average molecular weight is 376 g/mol. The third kappa shape index (κ3) is 3.66. The molecule has 1 saturated heterocycles. The maximum Gasteiger partial charge on any atom is 0.433 e. The van der Waals surface area contributed by atoms with Crippen molar-refractivity contribution in [2.45, 2.75) is 0 Å². The molecule has 1 aliphatic rings. The van der Waals surface area contributed by atoms with Crippen LogP contribution in [0, 0.1) is 20.2 Å². The third-order valence-corrected chi connectivity index (χ3v) is 4.27. The molecule has 1 fully saturated rings. The van der Waals surface area contributed by atoms with Gasteiger partial charge in [-0.25, -0.2) is 0 Å². The Hall–Kier alpha value is -3.63. The average Bonchev–Trinajstić information content (AvgIpc) is 3.17. The first-order chi connectivity index (χ1) is 12.9. The number of carbonyl (C=O) groups excluding carboxylic acids is 1. The van der Waals surface area contributed by atoms with Crippen LogP contribution in [-0.2, 0) is 0 Å². The van der Waals surface area contributed by atoms with Crippen LogP contribution >= 0.6 is 0 Å². The molecule has 0 spiro atoms. The first-order valence-corrected chi connectivity index (χ1v) is 8.01. The van der Waals surface area contributed by atoms with Crippen LogP contribution in [0.5, 0.6) is 5.75 Å². The van der Waals surface area contributed by atoms with Gasteiger partial charge in [0.05, 0.1) is 24.2 Å². The largest absolute Gasteiger partial charge is 0.496 e. The van der Waals surface area contributed by atoms with Crippen molar-refractivity contribution in [1.29, 1.82) is 0 Å². The van der Waals surface area contributed by atoms with Gasteiger partial charge < -0.3 is 19.0 Å². The van der Waals surface area contributed by atoms with Crippen molar-refractivity contribution in [3.05, 3.63) is 56.3 Å². The lowest BCUT2D eigenvalue weighted by molar-refractivity contribution is -0.402. The van der Waals surface area contributed by atoms with Crippen LogP contribution in [0.4, 0.5) is 17.3 Å². The number of nitrogens with zero attached hydrogens (tertiary/aromatic N) is 4. The fraction of sp³-hybridized carbons (Fsp3) is 0.312. The number of rotatable bonds is 5. The second-order valence-corrected chi connectivity index (χ2v) is 5.79. The van der Waals surface area contributed by atoms with E-state index in [1.165, 1.54) is 24.1 Å². The molecule has 0 N–H and O–H groups in total. The highest BCUT2D eigenvalue weighted by Crippen LogP contribution is 2.32. The van der Waals surface area contributed by atoms with E-state index < -0.39 is 21.6 Å². The maximum atomic E-state index is 12.4. The highest BCUT2D eigenvalue weighted by molar-refractivity contribution is 5.92. The lowest BCUT2D eigenvalue weighted by Gasteiger charge is -2.35. The van der Waals surface area contributed by atoms with Crippen LogP contribution in [0.3, 0.4) is 0 Å². The summed E-state index contributed by atoms with van der Waals surface area (Å²) in [5.41, 5.74) is 0.373. The Morgan fingerprint density at radius 3 is 2.33 bits per heavy atom. The van der Waals surface area contributed by atoms with Crippen molar-refractivity contribution in [2.75, 3.05) is 38.2 Å². The number of benzene rings is 1. The van der Waals surface area contributed by atoms with Crippen molar-refractivity contribution in [2.24, 2.45) is 0 Å². The Kier molecular flexibility index (Phi) is 4.92. The van der Waals surface area contributed by atoms with Crippen LogP contribution in [0.25, 0.3) is 0 Å². The van der Waals surface area contributed by atoms with Crippen molar-refractivity contribution < 1.29 is 23.8 Å². The normalized spacial score (nSPS) is 14.1. The Balaban J connectivity index is 1.71. The summed E-state index contributed by atoms with van der Waals surface area (Å²) < 4.78 is 9.97. The molecule has 0 bridgehead atoms. The van der Waals surface area contributed by atoms with Gasteiger partial charge in [-0.15, -0.1) is 0 Å². The monoisotopic (exact) mass is 376 g/mol. The molecule has 0 radical (unpaired) electrons. The van der Waals surface area contributed by atoms with E-state index in [1.54, 1.807) is 12.1 Å². The van der Waals surface area contributed by atoms with E-state index in [1.807, 2.05) is 4.90 Å².